The van der Waals surface area contributed by atoms with Gasteiger partial charge in [-0.3, -0.25) is 0 Å². The summed E-state index contributed by atoms with van der Waals surface area (Å²) >= 11 is 3.40. The lowest BCUT2D eigenvalue weighted by atomic mass is 9.85. The molecule has 1 aromatic rings. The SMILES string of the molecule is CCC(CC)(COc1cc(Br)ccc1C)CS(N)(=O)=O. The smallest absolute Gasteiger partial charge is 0.209 e. The maximum Gasteiger partial charge on any atom is 0.209 e. The first-order chi connectivity index (χ1) is 9.21. The van der Waals surface area contributed by atoms with Crippen molar-refractivity contribution in [1.29, 1.82) is 0 Å². The van der Waals surface area contributed by atoms with Crippen LogP contribution in [0.2, 0.25) is 0 Å². The Morgan fingerprint density at radius 3 is 2.40 bits per heavy atom. The van der Waals surface area contributed by atoms with Gasteiger partial charge >= 0.3 is 0 Å². The van der Waals surface area contributed by atoms with Crippen molar-refractivity contribution in [2.24, 2.45) is 10.6 Å². The van der Waals surface area contributed by atoms with Gasteiger partial charge in [0.05, 0.1) is 12.4 Å². The van der Waals surface area contributed by atoms with Gasteiger partial charge < -0.3 is 4.74 Å². The van der Waals surface area contributed by atoms with Crippen molar-refractivity contribution >= 4 is 26.0 Å². The van der Waals surface area contributed by atoms with Crippen LogP contribution in [-0.4, -0.2) is 20.8 Å². The predicted molar refractivity (Wildman–Crippen MR) is 85.4 cm³/mol. The normalized spacial score (nSPS) is 12.4. The van der Waals surface area contributed by atoms with E-state index in [9.17, 15) is 8.42 Å². The van der Waals surface area contributed by atoms with E-state index >= 15 is 0 Å². The summed E-state index contributed by atoms with van der Waals surface area (Å²) in [6, 6.07) is 5.79. The maximum atomic E-state index is 11.4. The topological polar surface area (TPSA) is 69.4 Å². The zero-order valence-electron chi connectivity index (χ0n) is 12.1. The minimum atomic E-state index is -3.52. The van der Waals surface area contributed by atoms with Crippen LogP contribution in [0.1, 0.15) is 32.3 Å². The van der Waals surface area contributed by atoms with Gasteiger partial charge in [-0.2, -0.15) is 0 Å². The molecule has 0 atom stereocenters. The molecule has 114 valence electrons. The van der Waals surface area contributed by atoms with E-state index in [-0.39, 0.29) is 5.75 Å². The highest BCUT2D eigenvalue weighted by atomic mass is 79.9. The molecule has 0 radical (unpaired) electrons. The van der Waals surface area contributed by atoms with E-state index in [1.807, 2.05) is 39.0 Å². The van der Waals surface area contributed by atoms with Crippen LogP contribution < -0.4 is 9.88 Å². The molecule has 0 saturated heterocycles. The number of sulfonamides is 1. The van der Waals surface area contributed by atoms with E-state index in [0.29, 0.717) is 19.4 Å². The van der Waals surface area contributed by atoms with Crippen LogP contribution in [0, 0.1) is 12.3 Å². The van der Waals surface area contributed by atoms with Gasteiger partial charge in [0.15, 0.2) is 0 Å². The molecule has 2 N–H and O–H groups in total. The number of hydrogen-bond donors (Lipinski definition) is 1. The van der Waals surface area contributed by atoms with Gasteiger partial charge in [0, 0.05) is 9.89 Å². The van der Waals surface area contributed by atoms with Gasteiger partial charge in [0.25, 0.3) is 0 Å². The molecule has 0 fully saturated rings. The number of hydrogen-bond acceptors (Lipinski definition) is 3. The number of halogens is 1. The van der Waals surface area contributed by atoms with E-state index in [1.165, 1.54) is 0 Å². The Bertz CT molecular complexity index is 554. The van der Waals surface area contributed by atoms with E-state index in [2.05, 4.69) is 15.9 Å². The Kier molecular flexibility index (Phi) is 6.04. The molecular weight excluding hydrogens is 342 g/mol. The largest absolute Gasteiger partial charge is 0.493 e. The number of benzene rings is 1. The minimum absolute atomic E-state index is 0.0555. The maximum absolute atomic E-state index is 11.4. The highest BCUT2D eigenvalue weighted by Gasteiger charge is 2.32. The molecule has 0 bridgehead atoms. The van der Waals surface area contributed by atoms with Gasteiger partial charge in [-0.05, 0) is 37.5 Å². The fourth-order valence-electron chi connectivity index (χ4n) is 2.09. The molecule has 0 amide bonds. The quantitative estimate of drug-likeness (QED) is 0.808. The molecule has 0 aliphatic heterocycles. The van der Waals surface area contributed by atoms with Gasteiger partial charge in [0.1, 0.15) is 5.75 Å². The third-order valence-electron chi connectivity index (χ3n) is 3.69. The summed E-state index contributed by atoms with van der Waals surface area (Å²) in [4.78, 5) is 0. The summed E-state index contributed by atoms with van der Waals surface area (Å²) < 4.78 is 29.6. The van der Waals surface area contributed by atoms with E-state index in [4.69, 9.17) is 9.88 Å². The lowest BCUT2D eigenvalue weighted by Crippen LogP contribution is -2.37. The second-order valence-electron chi connectivity index (χ2n) is 5.21. The molecular formula is C14H22BrNO3S. The van der Waals surface area contributed by atoms with Gasteiger partial charge in [-0.15, -0.1) is 0 Å². The summed E-state index contributed by atoms with van der Waals surface area (Å²) in [6.45, 7) is 6.23. The zero-order chi connectivity index (χ0) is 15.4. The molecule has 1 rings (SSSR count). The predicted octanol–water partition coefficient (Wildman–Crippen LogP) is 3.23. The second-order valence-corrected chi connectivity index (χ2v) is 7.74. The van der Waals surface area contributed by atoms with Crippen molar-refractivity contribution in [3.05, 3.63) is 28.2 Å². The molecule has 20 heavy (non-hydrogen) atoms. The van der Waals surface area contributed by atoms with Crippen molar-refractivity contribution < 1.29 is 13.2 Å². The van der Waals surface area contributed by atoms with Gasteiger partial charge in [-0.1, -0.05) is 35.8 Å². The van der Waals surface area contributed by atoms with Crippen molar-refractivity contribution in [3.8, 4) is 5.75 Å². The molecule has 0 unspecified atom stereocenters. The van der Waals surface area contributed by atoms with E-state index in [1.54, 1.807) is 0 Å². The number of nitrogens with two attached hydrogens (primary N) is 1. The first-order valence-electron chi connectivity index (χ1n) is 6.61. The fourth-order valence-corrected chi connectivity index (χ4v) is 3.77. The Hall–Kier alpha value is -0.590. The third-order valence-corrected chi connectivity index (χ3v) is 5.20. The van der Waals surface area contributed by atoms with Crippen molar-refractivity contribution in [2.75, 3.05) is 12.4 Å². The molecule has 0 saturated carbocycles. The Morgan fingerprint density at radius 1 is 1.30 bits per heavy atom. The Labute approximate surface area is 129 Å². The first-order valence-corrected chi connectivity index (χ1v) is 9.11. The first kappa shape index (κ1) is 17.5. The summed E-state index contributed by atoms with van der Waals surface area (Å²) in [5.74, 6) is 0.708. The van der Waals surface area contributed by atoms with E-state index < -0.39 is 15.4 Å². The number of ether oxygens (including phenoxy) is 1. The fraction of sp³-hybridized carbons (Fsp3) is 0.571. The summed E-state index contributed by atoms with van der Waals surface area (Å²) in [6.07, 6.45) is 1.40. The molecule has 6 heteroatoms. The van der Waals surface area contributed by atoms with Gasteiger partial charge in [0.2, 0.25) is 10.0 Å². The average Bonchev–Trinajstić information content (AvgIpc) is 2.37. The lowest BCUT2D eigenvalue weighted by Gasteiger charge is -2.30. The second kappa shape index (κ2) is 6.91. The molecule has 0 spiro atoms. The van der Waals surface area contributed by atoms with Crippen LogP contribution in [0.5, 0.6) is 5.75 Å². The highest BCUT2D eigenvalue weighted by Crippen LogP contribution is 2.31. The highest BCUT2D eigenvalue weighted by molar-refractivity contribution is 9.10. The number of rotatable bonds is 7. The van der Waals surface area contributed by atoms with Crippen LogP contribution in [0.4, 0.5) is 0 Å². The van der Waals surface area contributed by atoms with Crippen molar-refractivity contribution in [3.63, 3.8) is 0 Å². The summed E-state index contributed by atoms with van der Waals surface area (Å²) in [5, 5.41) is 5.20. The molecule has 0 aromatic heterocycles. The Balaban J connectivity index is 2.89. The monoisotopic (exact) mass is 363 g/mol. The summed E-state index contributed by atoms with van der Waals surface area (Å²) in [7, 11) is -3.52. The Morgan fingerprint density at radius 2 is 1.90 bits per heavy atom. The molecule has 0 heterocycles. The van der Waals surface area contributed by atoms with Gasteiger partial charge in [-0.25, -0.2) is 13.6 Å². The minimum Gasteiger partial charge on any atom is -0.493 e. The number of aryl methyl sites for hydroxylation is 1. The third kappa shape index (κ3) is 5.07. The van der Waals surface area contributed by atoms with Crippen LogP contribution in [0.15, 0.2) is 22.7 Å². The van der Waals surface area contributed by atoms with E-state index in [0.717, 1.165) is 15.8 Å². The number of primary sulfonamides is 1. The summed E-state index contributed by atoms with van der Waals surface area (Å²) in [5.41, 5.74) is 0.576. The van der Waals surface area contributed by atoms with Crippen molar-refractivity contribution in [1.82, 2.24) is 0 Å². The van der Waals surface area contributed by atoms with Crippen LogP contribution in [-0.2, 0) is 10.0 Å². The average molecular weight is 364 g/mol. The van der Waals surface area contributed by atoms with Crippen LogP contribution in [0.25, 0.3) is 0 Å². The molecule has 0 aliphatic carbocycles. The lowest BCUT2D eigenvalue weighted by molar-refractivity contribution is 0.153. The van der Waals surface area contributed by atoms with Crippen LogP contribution in [0.3, 0.4) is 0 Å². The van der Waals surface area contributed by atoms with Crippen molar-refractivity contribution in [2.45, 2.75) is 33.6 Å². The zero-order valence-corrected chi connectivity index (χ0v) is 14.6. The molecule has 1 aromatic carbocycles. The van der Waals surface area contributed by atoms with Crippen LogP contribution >= 0.6 is 15.9 Å². The standard InChI is InChI=1S/C14H22BrNO3S/c1-4-14(5-2,10-20(16,17)18)9-19-13-8-12(15)7-6-11(13)3/h6-8H,4-5,9-10H2,1-3H3,(H2,16,17,18). The molecule has 4 nitrogen and oxygen atoms in total. The molecule has 0 aliphatic rings.